The highest BCUT2D eigenvalue weighted by molar-refractivity contribution is 6.35. The van der Waals surface area contributed by atoms with Crippen LogP contribution in [0.2, 0.25) is 10.0 Å². The van der Waals surface area contributed by atoms with Crippen LogP contribution in [0.4, 0.5) is 0 Å². The molecule has 1 fully saturated rings. The fourth-order valence-electron chi connectivity index (χ4n) is 2.79. The van der Waals surface area contributed by atoms with Crippen molar-refractivity contribution in [3.63, 3.8) is 0 Å². The summed E-state index contributed by atoms with van der Waals surface area (Å²) in [6.07, 6.45) is 1.15. The van der Waals surface area contributed by atoms with E-state index in [1.54, 1.807) is 0 Å². The Kier molecular flexibility index (Phi) is 5.52. The van der Waals surface area contributed by atoms with Crippen LogP contribution < -0.4 is 5.32 Å². The predicted octanol–water partition coefficient (Wildman–Crippen LogP) is 3.99. The van der Waals surface area contributed by atoms with E-state index in [0.717, 1.165) is 37.6 Å². The molecular formula is C15H22Cl2N2. The Morgan fingerprint density at radius 1 is 1.26 bits per heavy atom. The van der Waals surface area contributed by atoms with Crippen LogP contribution in [0, 0.1) is 5.92 Å². The molecule has 0 aromatic heterocycles. The molecule has 1 heterocycles. The van der Waals surface area contributed by atoms with E-state index in [4.69, 9.17) is 23.2 Å². The molecule has 4 heteroatoms. The molecule has 1 aromatic carbocycles. The number of piperazine rings is 1. The van der Waals surface area contributed by atoms with Gasteiger partial charge in [0.05, 0.1) is 0 Å². The van der Waals surface area contributed by atoms with Gasteiger partial charge in [0.2, 0.25) is 0 Å². The molecular weight excluding hydrogens is 279 g/mol. The van der Waals surface area contributed by atoms with Crippen LogP contribution in [0.1, 0.15) is 31.9 Å². The van der Waals surface area contributed by atoms with E-state index in [1.807, 2.05) is 12.1 Å². The highest BCUT2D eigenvalue weighted by Gasteiger charge is 2.27. The summed E-state index contributed by atoms with van der Waals surface area (Å²) in [5.74, 6) is 0.580. The summed E-state index contributed by atoms with van der Waals surface area (Å²) in [6, 6.07) is 6.27. The number of halogens is 2. The average Bonchev–Trinajstić information content (AvgIpc) is 2.42. The minimum Gasteiger partial charge on any atom is -0.314 e. The van der Waals surface area contributed by atoms with Crippen LogP contribution in [0.15, 0.2) is 18.2 Å². The monoisotopic (exact) mass is 300 g/mol. The van der Waals surface area contributed by atoms with Gasteiger partial charge in [-0.1, -0.05) is 49.5 Å². The van der Waals surface area contributed by atoms with Gasteiger partial charge in [-0.15, -0.1) is 0 Å². The van der Waals surface area contributed by atoms with E-state index in [0.29, 0.717) is 17.0 Å². The number of hydrogen-bond acceptors (Lipinski definition) is 2. The van der Waals surface area contributed by atoms with Crippen molar-refractivity contribution >= 4 is 23.2 Å². The molecule has 2 rings (SSSR count). The van der Waals surface area contributed by atoms with E-state index in [2.05, 4.69) is 30.1 Å². The highest BCUT2D eigenvalue weighted by atomic mass is 35.5. The Morgan fingerprint density at radius 3 is 2.53 bits per heavy atom. The topological polar surface area (TPSA) is 15.3 Å². The van der Waals surface area contributed by atoms with Crippen molar-refractivity contribution in [2.45, 2.75) is 26.3 Å². The summed E-state index contributed by atoms with van der Waals surface area (Å²) in [6.45, 7) is 8.81. The van der Waals surface area contributed by atoms with Gasteiger partial charge in [-0.05, 0) is 23.6 Å². The fraction of sp³-hybridized carbons (Fsp3) is 0.600. The van der Waals surface area contributed by atoms with Gasteiger partial charge in [-0.3, -0.25) is 4.90 Å². The van der Waals surface area contributed by atoms with Crippen LogP contribution in [0.25, 0.3) is 0 Å². The maximum atomic E-state index is 6.42. The molecule has 0 saturated carbocycles. The Bertz CT molecular complexity index is 417. The third-order valence-corrected chi connectivity index (χ3v) is 4.57. The molecule has 106 valence electrons. The lowest BCUT2D eigenvalue weighted by molar-refractivity contribution is 0.128. The zero-order chi connectivity index (χ0) is 13.8. The molecule has 1 aromatic rings. The third kappa shape index (κ3) is 3.63. The van der Waals surface area contributed by atoms with Crippen LogP contribution in [0.5, 0.6) is 0 Å². The molecule has 1 unspecified atom stereocenters. The van der Waals surface area contributed by atoms with Gasteiger partial charge in [-0.2, -0.15) is 0 Å². The second-order valence-corrected chi connectivity index (χ2v) is 6.13. The molecule has 0 amide bonds. The fourth-order valence-corrected chi connectivity index (χ4v) is 3.31. The van der Waals surface area contributed by atoms with Gasteiger partial charge in [-0.25, -0.2) is 0 Å². The van der Waals surface area contributed by atoms with Crippen molar-refractivity contribution in [2.75, 3.05) is 26.2 Å². The Balaban J connectivity index is 2.30. The molecule has 1 aliphatic heterocycles. The van der Waals surface area contributed by atoms with E-state index in [1.165, 1.54) is 5.56 Å². The zero-order valence-corrected chi connectivity index (χ0v) is 13.1. The second kappa shape index (κ2) is 6.94. The van der Waals surface area contributed by atoms with E-state index < -0.39 is 0 Å². The lowest BCUT2D eigenvalue weighted by Crippen LogP contribution is -2.46. The minimum atomic E-state index is 0.386. The van der Waals surface area contributed by atoms with Crippen molar-refractivity contribution in [3.8, 4) is 0 Å². The number of nitrogens with one attached hydrogen (secondary N) is 1. The number of nitrogens with zero attached hydrogens (tertiary/aromatic N) is 1. The van der Waals surface area contributed by atoms with Gasteiger partial charge in [0.15, 0.2) is 0 Å². The van der Waals surface area contributed by atoms with Crippen molar-refractivity contribution in [1.29, 1.82) is 0 Å². The molecule has 1 saturated heterocycles. The predicted molar refractivity (Wildman–Crippen MR) is 83.1 cm³/mol. The molecule has 2 nitrogen and oxygen atoms in total. The molecule has 1 N–H and O–H groups in total. The summed E-state index contributed by atoms with van der Waals surface area (Å²) < 4.78 is 0. The van der Waals surface area contributed by atoms with Gasteiger partial charge in [0.25, 0.3) is 0 Å². The zero-order valence-electron chi connectivity index (χ0n) is 11.6. The first-order chi connectivity index (χ1) is 9.13. The summed E-state index contributed by atoms with van der Waals surface area (Å²) >= 11 is 12.4. The SMILES string of the molecule is CCC(C)[C@@H](c1ccc(Cl)cc1Cl)N1CCNCC1. The number of hydrogen-bond donors (Lipinski definition) is 1. The quantitative estimate of drug-likeness (QED) is 0.904. The lowest BCUT2D eigenvalue weighted by atomic mass is 9.90. The third-order valence-electron chi connectivity index (χ3n) is 4.01. The molecule has 19 heavy (non-hydrogen) atoms. The normalized spacial score (nSPS) is 20.2. The highest BCUT2D eigenvalue weighted by Crippen LogP contribution is 2.36. The summed E-state index contributed by atoms with van der Waals surface area (Å²) in [5, 5.41) is 4.90. The smallest absolute Gasteiger partial charge is 0.0468 e. The number of rotatable bonds is 4. The Hall–Kier alpha value is -0.280. The van der Waals surface area contributed by atoms with Gasteiger partial charge >= 0.3 is 0 Å². The first-order valence-electron chi connectivity index (χ1n) is 7.03. The molecule has 0 spiro atoms. The lowest BCUT2D eigenvalue weighted by Gasteiger charge is -2.38. The maximum Gasteiger partial charge on any atom is 0.0468 e. The Labute approximate surface area is 126 Å². The maximum absolute atomic E-state index is 6.42. The second-order valence-electron chi connectivity index (χ2n) is 5.28. The molecule has 0 bridgehead atoms. The van der Waals surface area contributed by atoms with Crippen LogP contribution in [-0.2, 0) is 0 Å². The number of benzene rings is 1. The van der Waals surface area contributed by atoms with E-state index in [9.17, 15) is 0 Å². The summed E-state index contributed by atoms with van der Waals surface area (Å²) in [4.78, 5) is 2.54. The summed E-state index contributed by atoms with van der Waals surface area (Å²) in [7, 11) is 0. The molecule has 2 atom stereocenters. The van der Waals surface area contributed by atoms with Crippen LogP contribution >= 0.6 is 23.2 Å². The molecule has 0 aliphatic carbocycles. The van der Waals surface area contributed by atoms with Gasteiger partial charge < -0.3 is 5.32 Å². The summed E-state index contributed by atoms with van der Waals surface area (Å²) in [5.41, 5.74) is 1.21. The minimum absolute atomic E-state index is 0.386. The van der Waals surface area contributed by atoms with Crippen LogP contribution in [0.3, 0.4) is 0 Å². The average molecular weight is 301 g/mol. The first-order valence-corrected chi connectivity index (χ1v) is 7.78. The van der Waals surface area contributed by atoms with Crippen molar-refractivity contribution in [1.82, 2.24) is 10.2 Å². The van der Waals surface area contributed by atoms with Gasteiger partial charge in [0.1, 0.15) is 0 Å². The van der Waals surface area contributed by atoms with E-state index in [-0.39, 0.29) is 0 Å². The Morgan fingerprint density at radius 2 is 1.95 bits per heavy atom. The largest absolute Gasteiger partial charge is 0.314 e. The molecule has 0 radical (unpaired) electrons. The standard InChI is InChI=1S/C15H22Cl2N2/c1-3-11(2)15(19-8-6-18-7-9-19)13-5-4-12(16)10-14(13)17/h4-5,10-11,15,18H,3,6-9H2,1-2H3/t11?,15-/m0/s1. The first kappa shape index (κ1) is 15.1. The van der Waals surface area contributed by atoms with Crippen molar-refractivity contribution in [3.05, 3.63) is 33.8 Å². The van der Waals surface area contributed by atoms with Crippen molar-refractivity contribution in [2.24, 2.45) is 5.92 Å². The van der Waals surface area contributed by atoms with Crippen LogP contribution in [-0.4, -0.2) is 31.1 Å². The van der Waals surface area contributed by atoms with Crippen molar-refractivity contribution < 1.29 is 0 Å². The molecule has 1 aliphatic rings. The van der Waals surface area contributed by atoms with Gasteiger partial charge in [0, 0.05) is 42.3 Å². The van der Waals surface area contributed by atoms with E-state index >= 15 is 0 Å².